The normalized spacial score (nSPS) is 16.2. The van der Waals surface area contributed by atoms with Crippen molar-refractivity contribution in [3.63, 3.8) is 0 Å². The van der Waals surface area contributed by atoms with Crippen molar-refractivity contribution in [3.05, 3.63) is 41.6 Å². The molecule has 1 aliphatic heterocycles. The van der Waals surface area contributed by atoms with E-state index in [1.807, 2.05) is 51.1 Å². The number of rotatable bonds is 4. The third kappa shape index (κ3) is 5.17. The fraction of sp³-hybridized carbons (Fsp3) is 0.421. The summed E-state index contributed by atoms with van der Waals surface area (Å²) in [4.78, 5) is 37.4. The highest BCUT2D eigenvalue weighted by Gasteiger charge is 2.29. The number of amides is 2. The summed E-state index contributed by atoms with van der Waals surface area (Å²) in [5.41, 5.74) is 1.46. The molecule has 6 nitrogen and oxygen atoms in total. The molecular formula is C19H24N2O4. The van der Waals surface area contributed by atoms with Crippen molar-refractivity contribution in [2.45, 2.75) is 45.7 Å². The van der Waals surface area contributed by atoms with E-state index in [0.29, 0.717) is 0 Å². The summed E-state index contributed by atoms with van der Waals surface area (Å²) in [7, 11) is 0. The lowest BCUT2D eigenvalue weighted by atomic mass is 9.94. The van der Waals surface area contributed by atoms with Crippen molar-refractivity contribution in [1.82, 2.24) is 10.2 Å². The minimum absolute atomic E-state index is 0.0102. The van der Waals surface area contributed by atoms with Crippen LogP contribution >= 0.6 is 0 Å². The van der Waals surface area contributed by atoms with Gasteiger partial charge >= 0.3 is 5.97 Å². The van der Waals surface area contributed by atoms with Gasteiger partial charge in [-0.3, -0.25) is 14.4 Å². The molecule has 1 aromatic carbocycles. The molecule has 1 N–H and O–H groups in total. The molecule has 1 aromatic rings. The van der Waals surface area contributed by atoms with Gasteiger partial charge in [0.05, 0.1) is 12.5 Å². The van der Waals surface area contributed by atoms with E-state index in [4.69, 9.17) is 4.74 Å². The maximum absolute atomic E-state index is 12.2. The average molecular weight is 344 g/mol. The first-order valence-corrected chi connectivity index (χ1v) is 8.20. The first-order valence-electron chi connectivity index (χ1n) is 8.20. The maximum atomic E-state index is 12.2. The monoisotopic (exact) mass is 344 g/mol. The van der Waals surface area contributed by atoms with Crippen LogP contribution in [-0.4, -0.2) is 34.8 Å². The summed E-state index contributed by atoms with van der Waals surface area (Å²) in [5, 5.41) is 2.73. The summed E-state index contributed by atoms with van der Waals surface area (Å²) in [6.45, 7) is 6.67. The van der Waals surface area contributed by atoms with Crippen LogP contribution in [0, 0.1) is 0 Å². The molecule has 0 radical (unpaired) electrons. The molecule has 0 fully saturated rings. The van der Waals surface area contributed by atoms with E-state index in [2.05, 4.69) is 5.32 Å². The molecule has 0 bridgehead atoms. The van der Waals surface area contributed by atoms with Crippen molar-refractivity contribution in [2.24, 2.45) is 0 Å². The van der Waals surface area contributed by atoms with Gasteiger partial charge in [-0.1, -0.05) is 24.3 Å². The second kappa shape index (κ2) is 7.51. The van der Waals surface area contributed by atoms with Crippen molar-refractivity contribution in [1.29, 1.82) is 0 Å². The van der Waals surface area contributed by atoms with Crippen LogP contribution in [0.15, 0.2) is 30.5 Å². The molecule has 0 unspecified atom stereocenters. The van der Waals surface area contributed by atoms with Crippen LogP contribution in [-0.2, 0) is 19.1 Å². The van der Waals surface area contributed by atoms with Crippen LogP contribution in [0.25, 0.3) is 6.08 Å². The third-order valence-corrected chi connectivity index (χ3v) is 3.71. The molecule has 1 heterocycles. The lowest BCUT2D eigenvalue weighted by molar-refractivity contribution is -0.150. The molecule has 0 aromatic heterocycles. The van der Waals surface area contributed by atoms with E-state index in [9.17, 15) is 14.4 Å². The summed E-state index contributed by atoms with van der Waals surface area (Å²) < 4.78 is 5.08. The van der Waals surface area contributed by atoms with Crippen LogP contribution in [0.1, 0.15) is 51.3 Å². The van der Waals surface area contributed by atoms with Crippen molar-refractivity contribution in [3.8, 4) is 0 Å². The predicted molar refractivity (Wildman–Crippen MR) is 94.2 cm³/mol. The van der Waals surface area contributed by atoms with E-state index in [-0.39, 0.29) is 30.4 Å². The number of ether oxygens (including phenoxy) is 1. The Balaban J connectivity index is 2.03. The minimum atomic E-state index is -0.523. The summed E-state index contributed by atoms with van der Waals surface area (Å²) >= 11 is 0. The largest absolute Gasteiger partial charge is 0.456 e. The molecule has 1 atom stereocenters. The standard InChI is InChI=1S/C19H24N2O4/c1-13(22)21-10-9-14-7-5-6-8-15(14)16(21)11-18(24)25-12-17(23)20-19(2,3)4/h5-10,16H,11-12H2,1-4H3,(H,20,23)/t16-/m1/s1. The second-order valence-corrected chi connectivity index (χ2v) is 7.05. The number of hydrogen-bond acceptors (Lipinski definition) is 4. The molecule has 2 rings (SSSR count). The molecule has 2 amide bonds. The van der Waals surface area contributed by atoms with Crippen molar-refractivity contribution < 1.29 is 19.1 Å². The smallest absolute Gasteiger partial charge is 0.308 e. The van der Waals surface area contributed by atoms with Crippen LogP contribution < -0.4 is 5.32 Å². The van der Waals surface area contributed by atoms with Gasteiger partial charge in [-0.25, -0.2) is 0 Å². The third-order valence-electron chi connectivity index (χ3n) is 3.71. The Labute approximate surface area is 147 Å². The van der Waals surface area contributed by atoms with Gasteiger partial charge < -0.3 is 15.0 Å². The number of nitrogens with zero attached hydrogens (tertiary/aromatic N) is 1. The molecule has 6 heteroatoms. The molecular weight excluding hydrogens is 320 g/mol. The molecule has 0 aliphatic carbocycles. The van der Waals surface area contributed by atoms with Gasteiger partial charge in [0.1, 0.15) is 0 Å². The Bertz CT molecular complexity index is 704. The molecule has 1 aliphatic rings. The number of esters is 1. The molecule has 25 heavy (non-hydrogen) atoms. The van der Waals surface area contributed by atoms with Gasteiger partial charge in [0, 0.05) is 18.7 Å². The van der Waals surface area contributed by atoms with Crippen LogP contribution in [0.3, 0.4) is 0 Å². The number of nitrogens with one attached hydrogen (secondary N) is 1. The lowest BCUT2D eigenvalue weighted by Gasteiger charge is -2.32. The zero-order valence-electron chi connectivity index (χ0n) is 15.0. The SMILES string of the molecule is CC(=O)N1C=Cc2ccccc2[C@H]1CC(=O)OCC(=O)NC(C)(C)C. The highest BCUT2D eigenvalue weighted by Crippen LogP contribution is 2.32. The van der Waals surface area contributed by atoms with Crippen LogP contribution in [0.2, 0.25) is 0 Å². The van der Waals surface area contributed by atoms with Crippen LogP contribution in [0.5, 0.6) is 0 Å². The van der Waals surface area contributed by atoms with E-state index >= 15 is 0 Å². The quantitative estimate of drug-likeness (QED) is 0.851. The zero-order valence-corrected chi connectivity index (χ0v) is 15.0. The van der Waals surface area contributed by atoms with Gasteiger partial charge in [0.2, 0.25) is 5.91 Å². The number of carbonyl (C=O) groups excluding carboxylic acids is 3. The topological polar surface area (TPSA) is 75.7 Å². The number of fused-ring (bicyclic) bond motifs is 1. The first kappa shape index (κ1) is 18.7. The van der Waals surface area contributed by atoms with E-state index in [1.165, 1.54) is 11.8 Å². The van der Waals surface area contributed by atoms with Gasteiger partial charge in [0.15, 0.2) is 6.61 Å². The predicted octanol–water partition coefficient (Wildman–Crippen LogP) is 2.41. The number of carbonyl (C=O) groups is 3. The zero-order chi connectivity index (χ0) is 18.6. The second-order valence-electron chi connectivity index (χ2n) is 7.05. The summed E-state index contributed by atoms with van der Waals surface area (Å²) in [6, 6.07) is 7.15. The maximum Gasteiger partial charge on any atom is 0.308 e. The minimum Gasteiger partial charge on any atom is -0.456 e. The average Bonchev–Trinajstić information content (AvgIpc) is 2.51. The Morgan fingerprint density at radius 2 is 1.88 bits per heavy atom. The van der Waals surface area contributed by atoms with Gasteiger partial charge in [0.25, 0.3) is 5.91 Å². The fourth-order valence-electron chi connectivity index (χ4n) is 2.73. The van der Waals surface area contributed by atoms with E-state index in [1.54, 1.807) is 6.20 Å². The van der Waals surface area contributed by atoms with Crippen molar-refractivity contribution in [2.75, 3.05) is 6.61 Å². The van der Waals surface area contributed by atoms with Crippen molar-refractivity contribution >= 4 is 23.9 Å². The fourth-order valence-corrected chi connectivity index (χ4v) is 2.73. The highest BCUT2D eigenvalue weighted by atomic mass is 16.5. The Kier molecular flexibility index (Phi) is 5.62. The van der Waals surface area contributed by atoms with E-state index in [0.717, 1.165) is 11.1 Å². The Hall–Kier alpha value is -2.63. The Morgan fingerprint density at radius 3 is 2.52 bits per heavy atom. The number of hydrogen-bond donors (Lipinski definition) is 1. The number of benzene rings is 1. The Morgan fingerprint density at radius 1 is 1.20 bits per heavy atom. The molecule has 134 valence electrons. The van der Waals surface area contributed by atoms with Gasteiger partial charge in [-0.2, -0.15) is 0 Å². The van der Waals surface area contributed by atoms with Crippen LogP contribution in [0.4, 0.5) is 0 Å². The summed E-state index contributed by atoms with van der Waals surface area (Å²) in [5.74, 6) is -1.03. The molecule has 0 spiro atoms. The molecule has 0 saturated carbocycles. The first-order chi connectivity index (χ1) is 11.7. The lowest BCUT2D eigenvalue weighted by Crippen LogP contribution is -2.43. The highest BCUT2D eigenvalue weighted by molar-refractivity contribution is 5.82. The van der Waals surface area contributed by atoms with Gasteiger partial charge in [-0.05, 0) is 38.0 Å². The molecule has 0 saturated heterocycles. The van der Waals surface area contributed by atoms with Gasteiger partial charge in [-0.15, -0.1) is 0 Å². The van der Waals surface area contributed by atoms with E-state index < -0.39 is 12.0 Å². The summed E-state index contributed by atoms with van der Waals surface area (Å²) in [6.07, 6.45) is 3.51.